The van der Waals surface area contributed by atoms with Crippen molar-refractivity contribution in [2.45, 2.75) is 19.8 Å². The number of hydrogen-bond donors (Lipinski definition) is 1. The van der Waals surface area contributed by atoms with Crippen LogP contribution in [0.25, 0.3) is 5.32 Å². The van der Waals surface area contributed by atoms with Gasteiger partial charge >= 0.3 is 0 Å². The minimum atomic E-state index is -0.833. The number of carboxylic acid groups (broad SMARTS) is 1. The van der Waals surface area contributed by atoms with Crippen LogP contribution in [0, 0.1) is 0 Å². The zero-order valence-electron chi connectivity index (χ0n) is 6.54. The maximum Gasteiger partial charge on any atom is 0.300 e. The maximum absolute atomic E-state index is 10.1. The molecule has 0 radical (unpaired) electrons. The van der Waals surface area contributed by atoms with Gasteiger partial charge in [0.1, 0.15) is 0 Å². The first-order valence-electron chi connectivity index (χ1n) is 3.03. The molecule has 60 valence electrons. The van der Waals surface area contributed by atoms with Crippen LogP contribution >= 0.6 is 0 Å². The van der Waals surface area contributed by atoms with Gasteiger partial charge in [-0.15, -0.1) is 6.54 Å². The zero-order chi connectivity index (χ0) is 7.98. The van der Waals surface area contributed by atoms with Crippen LogP contribution in [-0.4, -0.2) is 23.5 Å². The van der Waals surface area contributed by atoms with Crippen LogP contribution in [0.1, 0.15) is 19.8 Å². The molecule has 0 saturated carbocycles. The summed E-state index contributed by atoms with van der Waals surface area (Å²) in [4.78, 5) is 19.1. The average molecular weight is 210 g/mol. The van der Waals surface area contributed by atoms with Crippen LogP contribution in [0.15, 0.2) is 0 Å². The quantitative estimate of drug-likeness (QED) is 0.599. The Bertz CT molecular complexity index is 126. The first kappa shape index (κ1) is 13.2. The predicted octanol–water partition coefficient (Wildman–Crippen LogP) is 0.769. The zero-order valence-corrected chi connectivity index (χ0v) is 9.51. The minimum Gasteiger partial charge on any atom is -0.653 e. The number of carbonyl (C=O) groups excluding carboxylic acids is 1. The molecule has 11 heavy (non-hydrogen) atoms. The van der Waals surface area contributed by atoms with E-state index in [0.29, 0.717) is 6.42 Å². The Morgan fingerprint density at radius 1 is 1.64 bits per heavy atom. The SMILES string of the molecule is CC(=O)O.O=C1CCC[N-]1.[Zn]. The van der Waals surface area contributed by atoms with E-state index in [2.05, 4.69) is 5.32 Å². The Kier molecular flexibility index (Phi) is 9.18. The first-order valence-corrected chi connectivity index (χ1v) is 3.03. The number of nitrogens with zero attached hydrogens (tertiary/aromatic N) is 1. The van der Waals surface area contributed by atoms with Crippen LogP contribution in [-0.2, 0) is 29.1 Å². The second-order valence-electron chi connectivity index (χ2n) is 1.90. The van der Waals surface area contributed by atoms with Crippen LogP contribution in [0.5, 0.6) is 0 Å². The summed E-state index contributed by atoms with van der Waals surface area (Å²) in [5, 5.41) is 11.0. The summed E-state index contributed by atoms with van der Waals surface area (Å²) in [5.41, 5.74) is 0. The van der Waals surface area contributed by atoms with E-state index in [1.807, 2.05) is 0 Å². The molecular formula is C6H10NO3Zn-. The Hall–Kier alpha value is -0.437. The predicted molar refractivity (Wildman–Crippen MR) is 35.8 cm³/mol. The maximum atomic E-state index is 10.1. The molecule has 1 amide bonds. The van der Waals surface area contributed by atoms with E-state index in [0.717, 1.165) is 19.9 Å². The molecule has 0 aliphatic carbocycles. The molecule has 1 fully saturated rings. The fourth-order valence-electron chi connectivity index (χ4n) is 0.513. The fraction of sp³-hybridized carbons (Fsp3) is 0.667. The van der Waals surface area contributed by atoms with Gasteiger partial charge in [-0.3, -0.25) is 4.79 Å². The van der Waals surface area contributed by atoms with Gasteiger partial charge in [-0.05, 0) is 6.42 Å². The number of aliphatic carboxylic acids is 1. The van der Waals surface area contributed by atoms with Gasteiger partial charge in [0, 0.05) is 26.4 Å². The molecule has 0 atom stereocenters. The Morgan fingerprint density at radius 2 is 2.09 bits per heavy atom. The number of amides is 1. The van der Waals surface area contributed by atoms with Gasteiger partial charge in [-0.1, -0.05) is 6.42 Å². The van der Waals surface area contributed by atoms with Gasteiger partial charge in [-0.2, -0.15) is 0 Å². The van der Waals surface area contributed by atoms with Crippen molar-refractivity contribution >= 4 is 11.9 Å². The molecule has 0 aromatic rings. The summed E-state index contributed by atoms with van der Waals surface area (Å²) in [6, 6.07) is 0. The Labute approximate surface area is 78.1 Å². The molecule has 1 rings (SSSR count). The number of rotatable bonds is 0. The summed E-state index contributed by atoms with van der Waals surface area (Å²) in [7, 11) is 0. The number of carboxylic acids is 1. The molecule has 0 unspecified atom stereocenters. The van der Waals surface area contributed by atoms with Crippen molar-refractivity contribution in [3.63, 3.8) is 0 Å². The van der Waals surface area contributed by atoms with Crippen LogP contribution < -0.4 is 0 Å². The normalized spacial score (nSPS) is 13.7. The molecule has 1 N–H and O–H groups in total. The molecule has 1 aliphatic rings. The third-order valence-electron chi connectivity index (χ3n) is 0.837. The van der Waals surface area contributed by atoms with E-state index in [1.54, 1.807) is 0 Å². The van der Waals surface area contributed by atoms with E-state index in [4.69, 9.17) is 9.90 Å². The molecule has 0 bridgehead atoms. The molecule has 1 saturated heterocycles. The van der Waals surface area contributed by atoms with E-state index in [9.17, 15) is 4.79 Å². The van der Waals surface area contributed by atoms with Crippen LogP contribution in [0.4, 0.5) is 0 Å². The van der Waals surface area contributed by atoms with Crippen molar-refractivity contribution in [2.75, 3.05) is 6.54 Å². The van der Waals surface area contributed by atoms with Crippen molar-refractivity contribution in [1.82, 2.24) is 0 Å². The van der Waals surface area contributed by atoms with Crippen LogP contribution in [0.3, 0.4) is 0 Å². The van der Waals surface area contributed by atoms with E-state index in [1.165, 1.54) is 0 Å². The van der Waals surface area contributed by atoms with Crippen molar-refractivity contribution in [3.8, 4) is 0 Å². The van der Waals surface area contributed by atoms with Crippen molar-refractivity contribution in [2.24, 2.45) is 0 Å². The molecular weight excluding hydrogens is 199 g/mol. The topological polar surface area (TPSA) is 68.5 Å². The third-order valence-corrected chi connectivity index (χ3v) is 0.837. The van der Waals surface area contributed by atoms with E-state index in [-0.39, 0.29) is 25.4 Å². The summed E-state index contributed by atoms with van der Waals surface area (Å²) in [6.07, 6.45) is 1.65. The molecule has 0 spiro atoms. The second-order valence-corrected chi connectivity index (χ2v) is 1.90. The second kappa shape index (κ2) is 7.67. The van der Waals surface area contributed by atoms with Crippen molar-refractivity contribution in [3.05, 3.63) is 5.32 Å². The summed E-state index contributed by atoms with van der Waals surface area (Å²) in [6.45, 7) is 1.85. The van der Waals surface area contributed by atoms with Crippen molar-refractivity contribution in [1.29, 1.82) is 0 Å². The molecule has 0 aromatic carbocycles. The number of carbonyl (C=O) groups is 2. The summed E-state index contributed by atoms with van der Waals surface area (Å²) < 4.78 is 0. The monoisotopic (exact) mass is 208 g/mol. The molecule has 1 aliphatic heterocycles. The van der Waals surface area contributed by atoms with Gasteiger partial charge in [0.25, 0.3) is 5.97 Å². The van der Waals surface area contributed by atoms with Crippen molar-refractivity contribution < 1.29 is 34.2 Å². The number of hydrogen-bond acceptors (Lipinski definition) is 2. The molecule has 4 nitrogen and oxygen atoms in total. The molecule has 5 heteroatoms. The fourth-order valence-corrected chi connectivity index (χ4v) is 0.513. The summed E-state index contributed by atoms with van der Waals surface area (Å²) in [5.74, 6) is -0.755. The van der Waals surface area contributed by atoms with Gasteiger partial charge < -0.3 is 15.2 Å². The van der Waals surface area contributed by atoms with E-state index >= 15 is 0 Å². The molecule has 0 aromatic heterocycles. The van der Waals surface area contributed by atoms with Gasteiger partial charge in [0.05, 0.1) is 5.91 Å². The van der Waals surface area contributed by atoms with Crippen LogP contribution in [0.2, 0.25) is 0 Å². The van der Waals surface area contributed by atoms with Gasteiger partial charge in [0.15, 0.2) is 0 Å². The largest absolute Gasteiger partial charge is 0.653 e. The first-order chi connectivity index (χ1) is 4.63. The average Bonchev–Trinajstić information content (AvgIpc) is 2.15. The molecule has 1 heterocycles. The summed E-state index contributed by atoms with van der Waals surface area (Å²) >= 11 is 0. The van der Waals surface area contributed by atoms with Gasteiger partial charge in [-0.25, -0.2) is 0 Å². The standard InChI is InChI=1S/C4H7NO.C2H4O2.Zn/c6-4-2-1-3-5-4;1-2(3)4;/h1-3H2,(H,5,6);1H3,(H,3,4);/p-1. The minimum absolute atomic E-state index is 0. The smallest absolute Gasteiger partial charge is 0.300 e. The third kappa shape index (κ3) is 12.7. The Balaban J connectivity index is 0. The van der Waals surface area contributed by atoms with E-state index < -0.39 is 5.97 Å². The Morgan fingerprint density at radius 3 is 2.18 bits per heavy atom. The van der Waals surface area contributed by atoms with Gasteiger partial charge in [0.2, 0.25) is 0 Å².